The second-order valence-corrected chi connectivity index (χ2v) is 0. The van der Waals surface area contributed by atoms with Crippen LogP contribution in [-0.2, 0) is 54.0 Å². The van der Waals surface area contributed by atoms with E-state index in [-0.39, 0.29) is 62.4 Å². The van der Waals surface area contributed by atoms with E-state index in [9.17, 15) is 0 Å². The average molecular weight is 235 g/mol. The van der Waals surface area contributed by atoms with Crippen LogP contribution in [0.2, 0.25) is 0 Å². The molecule has 0 atom stereocenters. The molecule has 0 radical (unpaired) electrons. The molecule has 0 fully saturated rings. The zero-order chi connectivity index (χ0) is 0. The average Bonchev–Trinajstić information content (AvgIpc) is 0. The molecule has 0 aromatic carbocycles. The monoisotopic (exact) mass is 234 g/mol. The summed E-state index contributed by atoms with van der Waals surface area (Å²) in [4.78, 5) is 0. The first-order valence-corrected chi connectivity index (χ1v) is 0. The van der Waals surface area contributed by atoms with E-state index in [1.165, 1.54) is 0 Å². The van der Waals surface area contributed by atoms with Crippen molar-refractivity contribution in [3.63, 3.8) is 0 Å². The van der Waals surface area contributed by atoms with Gasteiger partial charge in [-0.2, -0.15) is 0 Å². The molecular formula is H3BFeNiPd. The Morgan fingerprint density at radius 1 is 1.00 bits per heavy atom. The van der Waals surface area contributed by atoms with Crippen molar-refractivity contribution in [2.24, 2.45) is 0 Å². The van der Waals surface area contributed by atoms with Gasteiger partial charge in [-0.1, -0.05) is 0 Å². The SMILES string of the molecule is B.[Fe].[Ni].[Pd]. The molecule has 0 saturated carbocycles. The summed E-state index contributed by atoms with van der Waals surface area (Å²) in [5.41, 5.74) is 0. The Labute approximate surface area is 62.1 Å². The van der Waals surface area contributed by atoms with Gasteiger partial charge in [-0.15, -0.1) is 0 Å². The Balaban J connectivity index is 0. The third-order valence-corrected chi connectivity index (χ3v) is 0. The topological polar surface area (TPSA) is 0 Å². The van der Waals surface area contributed by atoms with Crippen molar-refractivity contribution in [1.29, 1.82) is 0 Å². The van der Waals surface area contributed by atoms with Gasteiger partial charge in [0.05, 0.1) is 8.41 Å². The number of rotatable bonds is 0. The molecule has 0 N–H and O–H groups in total. The summed E-state index contributed by atoms with van der Waals surface area (Å²) in [6.07, 6.45) is 0. The molecule has 0 aliphatic heterocycles. The predicted octanol–water partition coefficient (Wildman–Crippen LogP) is -1.19. The molecule has 0 aromatic heterocycles. The van der Waals surface area contributed by atoms with Gasteiger partial charge in [0, 0.05) is 54.0 Å². The molecule has 0 unspecified atom stereocenters. The van der Waals surface area contributed by atoms with Gasteiger partial charge in [0.2, 0.25) is 0 Å². The molecular weight excluding hydrogens is 232 g/mol. The molecule has 4 heavy (non-hydrogen) atoms. The van der Waals surface area contributed by atoms with Crippen LogP contribution in [-0.4, -0.2) is 8.41 Å². The van der Waals surface area contributed by atoms with Crippen LogP contribution in [0.1, 0.15) is 0 Å². The third-order valence-electron chi connectivity index (χ3n) is 0. The van der Waals surface area contributed by atoms with Crippen LogP contribution in [0, 0.1) is 0 Å². The molecule has 0 aliphatic rings. The maximum Gasteiger partial charge on any atom is 0.0814 e. The zero-order valence-electron chi connectivity index (χ0n) is 0.986. The summed E-state index contributed by atoms with van der Waals surface area (Å²) in [7, 11) is 0. The summed E-state index contributed by atoms with van der Waals surface area (Å²) in [6.45, 7) is 0. The minimum Gasteiger partial charge on any atom is 0 e. The van der Waals surface area contributed by atoms with E-state index < -0.39 is 0 Å². The molecule has 34 valence electrons. The van der Waals surface area contributed by atoms with Crippen molar-refractivity contribution in [3.8, 4) is 0 Å². The number of hydrogen-bond donors (Lipinski definition) is 0. The Hall–Kier alpha value is 1.74. The van der Waals surface area contributed by atoms with E-state index in [2.05, 4.69) is 0 Å². The first-order chi connectivity index (χ1) is 0. The number of hydrogen-bond acceptors (Lipinski definition) is 0. The van der Waals surface area contributed by atoms with E-state index in [0.29, 0.717) is 0 Å². The van der Waals surface area contributed by atoms with Crippen molar-refractivity contribution >= 4 is 8.41 Å². The molecule has 0 aromatic rings. The molecule has 0 spiro atoms. The minimum atomic E-state index is 0. The summed E-state index contributed by atoms with van der Waals surface area (Å²) in [6, 6.07) is 0. The molecule has 4 heteroatoms. The van der Waals surface area contributed by atoms with Gasteiger partial charge >= 0.3 is 0 Å². The van der Waals surface area contributed by atoms with Gasteiger partial charge in [-0.25, -0.2) is 0 Å². The fourth-order valence-electron chi connectivity index (χ4n) is 0. The van der Waals surface area contributed by atoms with Crippen molar-refractivity contribution < 1.29 is 54.0 Å². The molecule has 0 heterocycles. The van der Waals surface area contributed by atoms with Crippen LogP contribution in [0.4, 0.5) is 0 Å². The van der Waals surface area contributed by atoms with Gasteiger partial charge in [-0.3, -0.25) is 0 Å². The standard InChI is InChI=1S/BH3.Fe.Ni.Pd/h1H3;;;. The third kappa shape index (κ3) is 9.27. The van der Waals surface area contributed by atoms with Crippen LogP contribution in [0.15, 0.2) is 0 Å². The van der Waals surface area contributed by atoms with E-state index in [1.54, 1.807) is 0 Å². The summed E-state index contributed by atoms with van der Waals surface area (Å²) in [5.74, 6) is 0. The molecule has 0 rings (SSSR count). The van der Waals surface area contributed by atoms with E-state index in [0.717, 1.165) is 0 Å². The fourth-order valence-corrected chi connectivity index (χ4v) is 0. The Morgan fingerprint density at radius 2 is 1.00 bits per heavy atom. The summed E-state index contributed by atoms with van der Waals surface area (Å²) in [5, 5.41) is 0. The van der Waals surface area contributed by atoms with Crippen LogP contribution in [0.25, 0.3) is 0 Å². The van der Waals surface area contributed by atoms with Crippen molar-refractivity contribution in [3.05, 3.63) is 0 Å². The minimum absolute atomic E-state index is 0. The van der Waals surface area contributed by atoms with Crippen molar-refractivity contribution in [2.75, 3.05) is 0 Å². The van der Waals surface area contributed by atoms with E-state index >= 15 is 0 Å². The van der Waals surface area contributed by atoms with Crippen molar-refractivity contribution in [2.45, 2.75) is 0 Å². The second kappa shape index (κ2) is 21.9. The molecule has 0 saturated heterocycles. The van der Waals surface area contributed by atoms with E-state index in [1.807, 2.05) is 0 Å². The quantitative estimate of drug-likeness (QED) is 0.463. The fraction of sp³-hybridized carbons (Fsp3) is 0. The molecule has 0 nitrogen and oxygen atoms in total. The Kier molecular flexibility index (Phi) is 233. The van der Waals surface area contributed by atoms with Gasteiger partial charge < -0.3 is 0 Å². The first kappa shape index (κ1) is 42.6. The van der Waals surface area contributed by atoms with Crippen molar-refractivity contribution in [1.82, 2.24) is 0 Å². The van der Waals surface area contributed by atoms with Gasteiger partial charge in [-0.05, 0) is 0 Å². The van der Waals surface area contributed by atoms with Gasteiger partial charge in [0.15, 0.2) is 0 Å². The second-order valence-electron chi connectivity index (χ2n) is 0. The Bertz CT molecular complexity index is 8.00. The molecule has 0 amide bonds. The van der Waals surface area contributed by atoms with Gasteiger partial charge in [0.25, 0.3) is 0 Å². The summed E-state index contributed by atoms with van der Waals surface area (Å²) < 4.78 is 0. The first-order valence-electron chi connectivity index (χ1n) is 0. The molecule has 0 bridgehead atoms. The Morgan fingerprint density at radius 3 is 1.00 bits per heavy atom. The van der Waals surface area contributed by atoms with Gasteiger partial charge in [0.1, 0.15) is 0 Å². The smallest absolute Gasteiger partial charge is 0 e. The maximum absolute atomic E-state index is 0. The largest absolute Gasteiger partial charge is 0.0814 e. The van der Waals surface area contributed by atoms with Crippen LogP contribution in [0.5, 0.6) is 0 Å². The zero-order valence-corrected chi connectivity index (χ0v) is 4.63. The normalized spacial score (nSPS) is 0. The van der Waals surface area contributed by atoms with Crippen LogP contribution < -0.4 is 0 Å². The maximum atomic E-state index is 0. The van der Waals surface area contributed by atoms with Crippen LogP contribution >= 0.6 is 0 Å². The van der Waals surface area contributed by atoms with Crippen LogP contribution in [0.3, 0.4) is 0 Å². The predicted molar refractivity (Wildman–Crippen MR) is 9.94 cm³/mol. The van der Waals surface area contributed by atoms with E-state index in [4.69, 9.17) is 0 Å². The summed E-state index contributed by atoms with van der Waals surface area (Å²) >= 11 is 0. The molecule has 0 aliphatic carbocycles.